The summed E-state index contributed by atoms with van der Waals surface area (Å²) >= 11 is 0. The molecule has 29 heavy (non-hydrogen) atoms. The molecule has 0 saturated heterocycles. The van der Waals surface area contributed by atoms with Crippen molar-refractivity contribution in [3.63, 3.8) is 0 Å². The molecule has 2 aromatic heterocycles. The Bertz CT molecular complexity index is 937. The molecule has 3 aromatic rings. The van der Waals surface area contributed by atoms with Crippen molar-refractivity contribution in [1.82, 2.24) is 20.3 Å². The smallest absolute Gasteiger partial charge is 0.223 e. The van der Waals surface area contributed by atoms with E-state index in [1.807, 2.05) is 30.7 Å². The van der Waals surface area contributed by atoms with Gasteiger partial charge in [0.05, 0.1) is 0 Å². The lowest BCUT2D eigenvalue weighted by Gasteiger charge is -2.14. The van der Waals surface area contributed by atoms with Crippen molar-refractivity contribution in [3.05, 3.63) is 72.3 Å². The zero-order valence-corrected chi connectivity index (χ0v) is 16.5. The lowest BCUT2D eigenvalue weighted by atomic mass is 10.0. The van der Waals surface area contributed by atoms with Crippen LogP contribution < -0.4 is 10.6 Å². The fourth-order valence-electron chi connectivity index (χ4n) is 3.20. The Hall–Kier alpha value is -3.28. The first-order valence-electron chi connectivity index (χ1n) is 10.0. The van der Waals surface area contributed by atoms with Crippen LogP contribution in [0, 0.1) is 5.92 Å². The van der Waals surface area contributed by atoms with E-state index in [0.29, 0.717) is 12.5 Å². The summed E-state index contributed by atoms with van der Waals surface area (Å²) < 4.78 is 0. The van der Waals surface area contributed by atoms with Gasteiger partial charge in [-0.05, 0) is 48.9 Å². The van der Waals surface area contributed by atoms with E-state index in [1.165, 1.54) is 5.56 Å². The number of hydrogen-bond donors (Lipinski definition) is 2. The molecule has 148 valence electrons. The van der Waals surface area contributed by atoms with Gasteiger partial charge < -0.3 is 10.6 Å². The molecule has 1 aromatic carbocycles. The molecular formula is C23H25N5O. The van der Waals surface area contributed by atoms with Crippen LogP contribution in [0.15, 0.2) is 61.2 Å². The van der Waals surface area contributed by atoms with Crippen molar-refractivity contribution in [2.24, 2.45) is 5.92 Å². The Kier molecular flexibility index (Phi) is 5.79. The summed E-state index contributed by atoms with van der Waals surface area (Å²) in [6, 6.07) is 12.4. The van der Waals surface area contributed by atoms with Gasteiger partial charge >= 0.3 is 0 Å². The lowest BCUT2D eigenvalue weighted by molar-refractivity contribution is -0.122. The third-order valence-electron chi connectivity index (χ3n) is 4.99. The van der Waals surface area contributed by atoms with Gasteiger partial charge in [-0.3, -0.25) is 9.78 Å². The number of amides is 1. The summed E-state index contributed by atoms with van der Waals surface area (Å²) in [5.74, 6) is 1.04. The summed E-state index contributed by atoms with van der Waals surface area (Å²) in [6.07, 6.45) is 10.1. The van der Waals surface area contributed by atoms with Gasteiger partial charge in [0.15, 0.2) is 0 Å². The molecule has 4 rings (SSSR count). The van der Waals surface area contributed by atoms with Crippen LogP contribution in [0.3, 0.4) is 0 Å². The minimum absolute atomic E-state index is 0.141. The number of pyridine rings is 1. The van der Waals surface area contributed by atoms with E-state index in [4.69, 9.17) is 0 Å². The topological polar surface area (TPSA) is 79.8 Å². The molecule has 1 aliphatic rings. The van der Waals surface area contributed by atoms with E-state index in [9.17, 15) is 4.79 Å². The molecule has 0 spiro atoms. The number of benzene rings is 1. The van der Waals surface area contributed by atoms with Gasteiger partial charge in [-0.15, -0.1) is 0 Å². The summed E-state index contributed by atoms with van der Waals surface area (Å²) in [7, 11) is 0. The highest BCUT2D eigenvalue weighted by Crippen LogP contribution is 2.29. The van der Waals surface area contributed by atoms with Crippen LogP contribution >= 0.6 is 0 Å². The number of anilines is 1. The Morgan fingerprint density at radius 2 is 1.79 bits per heavy atom. The van der Waals surface area contributed by atoms with E-state index in [2.05, 4.69) is 56.8 Å². The largest absolute Gasteiger partial charge is 0.353 e. The quantitative estimate of drug-likeness (QED) is 0.617. The van der Waals surface area contributed by atoms with Crippen LogP contribution in [-0.4, -0.2) is 26.9 Å². The summed E-state index contributed by atoms with van der Waals surface area (Å²) in [5.41, 5.74) is 4.33. The van der Waals surface area contributed by atoms with Gasteiger partial charge in [0, 0.05) is 48.9 Å². The number of nitrogens with one attached hydrogen (secondary N) is 2. The van der Waals surface area contributed by atoms with E-state index in [0.717, 1.165) is 36.0 Å². The maximum Gasteiger partial charge on any atom is 0.223 e. The fourth-order valence-corrected chi connectivity index (χ4v) is 3.20. The van der Waals surface area contributed by atoms with Crippen LogP contribution in [0.2, 0.25) is 0 Å². The number of rotatable bonds is 8. The van der Waals surface area contributed by atoms with Gasteiger partial charge in [-0.1, -0.05) is 30.3 Å². The SMILES string of the molecule is CC(Cc1ccc(-c2cnc(NCc3cccnc3)nc2)cc1)NC(=O)C1CC1. The first-order valence-corrected chi connectivity index (χ1v) is 10.0. The third kappa shape index (κ3) is 5.38. The van der Waals surface area contributed by atoms with Gasteiger partial charge in [-0.25, -0.2) is 9.97 Å². The standard InChI is InChI=1S/C23H25N5O/c1-16(28-22(29)20-8-9-20)11-17-4-6-19(7-5-17)21-14-26-23(27-15-21)25-13-18-3-2-10-24-12-18/h2-7,10,12,14-16,20H,8-9,11,13H2,1H3,(H,28,29)(H,25,26,27). The molecule has 1 amide bonds. The molecule has 0 aliphatic heterocycles. The maximum atomic E-state index is 11.9. The summed E-state index contributed by atoms with van der Waals surface area (Å²) in [4.78, 5) is 24.8. The molecule has 0 bridgehead atoms. The lowest BCUT2D eigenvalue weighted by Crippen LogP contribution is -2.35. The molecule has 1 atom stereocenters. The molecule has 0 radical (unpaired) electrons. The second-order valence-electron chi connectivity index (χ2n) is 7.60. The molecule has 2 heterocycles. The Balaban J connectivity index is 1.31. The summed E-state index contributed by atoms with van der Waals surface area (Å²) in [6.45, 7) is 2.69. The maximum absolute atomic E-state index is 11.9. The average Bonchev–Trinajstić information content (AvgIpc) is 3.59. The van der Waals surface area contributed by atoms with Crippen molar-refractivity contribution >= 4 is 11.9 Å². The van der Waals surface area contributed by atoms with Gasteiger partial charge in [-0.2, -0.15) is 0 Å². The number of carbonyl (C=O) groups is 1. The van der Waals surface area contributed by atoms with Crippen LogP contribution in [0.5, 0.6) is 0 Å². The van der Waals surface area contributed by atoms with Gasteiger partial charge in [0.25, 0.3) is 0 Å². The van der Waals surface area contributed by atoms with Crippen LogP contribution in [0.1, 0.15) is 30.9 Å². The first-order chi connectivity index (χ1) is 14.2. The number of aromatic nitrogens is 3. The second kappa shape index (κ2) is 8.82. The van der Waals surface area contributed by atoms with Crippen LogP contribution in [-0.2, 0) is 17.8 Å². The van der Waals surface area contributed by atoms with E-state index in [-0.39, 0.29) is 17.9 Å². The number of nitrogens with zero attached hydrogens (tertiary/aromatic N) is 3. The van der Waals surface area contributed by atoms with E-state index in [1.54, 1.807) is 6.20 Å². The zero-order valence-electron chi connectivity index (χ0n) is 16.5. The van der Waals surface area contributed by atoms with Crippen molar-refractivity contribution in [2.75, 3.05) is 5.32 Å². The predicted molar refractivity (Wildman–Crippen MR) is 113 cm³/mol. The monoisotopic (exact) mass is 387 g/mol. The summed E-state index contributed by atoms with van der Waals surface area (Å²) in [5, 5.41) is 6.30. The van der Waals surface area contributed by atoms with E-state index < -0.39 is 0 Å². The Labute approximate surface area is 170 Å². The first kappa shape index (κ1) is 19.1. The second-order valence-corrected chi connectivity index (χ2v) is 7.60. The molecule has 2 N–H and O–H groups in total. The van der Waals surface area contributed by atoms with Crippen LogP contribution in [0.25, 0.3) is 11.1 Å². The highest BCUT2D eigenvalue weighted by atomic mass is 16.2. The van der Waals surface area contributed by atoms with Gasteiger partial charge in [0.2, 0.25) is 11.9 Å². The van der Waals surface area contributed by atoms with Crippen molar-refractivity contribution < 1.29 is 4.79 Å². The van der Waals surface area contributed by atoms with Crippen molar-refractivity contribution in [1.29, 1.82) is 0 Å². The van der Waals surface area contributed by atoms with Crippen molar-refractivity contribution in [2.45, 2.75) is 38.8 Å². The van der Waals surface area contributed by atoms with Gasteiger partial charge in [0.1, 0.15) is 0 Å². The highest BCUT2D eigenvalue weighted by Gasteiger charge is 2.30. The third-order valence-corrected chi connectivity index (χ3v) is 4.99. The molecule has 1 unspecified atom stereocenters. The zero-order chi connectivity index (χ0) is 20.1. The fraction of sp³-hybridized carbons (Fsp3) is 0.304. The molecular weight excluding hydrogens is 362 g/mol. The Morgan fingerprint density at radius 3 is 2.45 bits per heavy atom. The molecule has 6 nitrogen and oxygen atoms in total. The van der Waals surface area contributed by atoms with Crippen LogP contribution in [0.4, 0.5) is 5.95 Å². The normalized spacial score (nSPS) is 14.2. The Morgan fingerprint density at radius 1 is 1.03 bits per heavy atom. The molecule has 1 fully saturated rings. The average molecular weight is 387 g/mol. The molecule has 1 aliphatic carbocycles. The number of hydrogen-bond acceptors (Lipinski definition) is 5. The van der Waals surface area contributed by atoms with E-state index >= 15 is 0 Å². The minimum atomic E-state index is 0.141. The van der Waals surface area contributed by atoms with Crippen molar-refractivity contribution in [3.8, 4) is 11.1 Å². The number of carbonyl (C=O) groups excluding carboxylic acids is 1. The highest BCUT2D eigenvalue weighted by molar-refractivity contribution is 5.81. The molecule has 1 saturated carbocycles. The molecule has 6 heteroatoms. The predicted octanol–water partition coefficient (Wildman–Crippen LogP) is 3.61. The minimum Gasteiger partial charge on any atom is -0.353 e.